The lowest BCUT2D eigenvalue weighted by Gasteiger charge is -2.29. The Labute approximate surface area is 120 Å². The van der Waals surface area contributed by atoms with Crippen molar-refractivity contribution >= 4 is 5.91 Å². The lowest BCUT2D eigenvalue weighted by molar-refractivity contribution is -0.131. The van der Waals surface area contributed by atoms with Crippen molar-refractivity contribution in [2.45, 2.75) is 26.2 Å². The van der Waals surface area contributed by atoms with Gasteiger partial charge >= 0.3 is 0 Å². The Morgan fingerprint density at radius 2 is 2.05 bits per heavy atom. The Morgan fingerprint density at radius 3 is 2.70 bits per heavy atom. The number of rotatable bonds is 5. The quantitative estimate of drug-likeness (QED) is 0.862. The monoisotopic (exact) mass is 276 g/mol. The van der Waals surface area contributed by atoms with Crippen LogP contribution in [0, 0.1) is 5.92 Å². The number of phenols is 1. The number of amides is 1. The zero-order valence-electron chi connectivity index (χ0n) is 12.1. The molecule has 1 aliphatic heterocycles. The molecule has 0 saturated carbocycles. The maximum atomic E-state index is 12.4. The van der Waals surface area contributed by atoms with Crippen molar-refractivity contribution in [3.8, 4) is 5.75 Å². The number of hydrogen-bond acceptors (Lipinski definition) is 3. The van der Waals surface area contributed by atoms with Gasteiger partial charge in [0.1, 0.15) is 5.75 Å². The van der Waals surface area contributed by atoms with Gasteiger partial charge in [0.05, 0.1) is 6.42 Å². The van der Waals surface area contributed by atoms with Gasteiger partial charge in [0.25, 0.3) is 0 Å². The number of carbonyl (C=O) groups excluding carboxylic acids is 1. The first-order valence-electron chi connectivity index (χ1n) is 7.46. The van der Waals surface area contributed by atoms with E-state index in [9.17, 15) is 9.90 Å². The fraction of sp³-hybridized carbons (Fsp3) is 0.562. The van der Waals surface area contributed by atoms with Crippen molar-refractivity contribution in [2.24, 2.45) is 5.92 Å². The minimum Gasteiger partial charge on any atom is -0.508 e. The minimum absolute atomic E-state index is 0.104. The van der Waals surface area contributed by atoms with Crippen LogP contribution < -0.4 is 5.32 Å². The molecule has 0 atom stereocenters. The molecule has 2 rings (SSSR count). The van der Waals surface area contributed by atoms with E-state index >= 15 is 0 Å². The highest BCUT2D eigenvalue weighted by molar-refractivity contribution is 5.79. The zero-order chi connectivity index (χ0) is 14.4. The average Bonchev–Trinajstić information content (AvgIpc) is 2.48. The van der Waals surface area contributed by atoms with Crippen molar-refractivity contribution in [3.63, 3.8) is 0 Å². The number of piperidine rings is 1. The molecule has 0 aromatic heterocycles. The normalized spacial score (nSPS) is 16.1. The predicted octanol–water partition coefficient (Wildman–Crippen LogP) is 1.78. The first-order valence-corrected chi connectivity index (χ1v) is 7.46. The summed E-state index contributed by atoms with van der Waals surface area (Å²) in [6.07, 6.45) is 2.56. The highest BCUT2D eigenvalue weighted by atomic mass is 16.3. The number of nitrogens with zero attached hydrogens (tertiary/aromatic N) is 1. The Bertz CT molecular complexity index is 442. The average molecular weight is 276 g/mol. The van der Waals surface area contributed by atoms with E-state index in [0.29, 0.717) is 11.5 Å². The SMILES string of the molecule is CCN(CC1CCNCC1)C(=O)Cc1ccccc1O. The fourth-order valence-electron chi connectivity index (χ4n) is 2.72. The number of carbonyl (C=O) groups is 1. The Hall–Kier alpha value is -1.55. The summed E-state index contributed by atoms with van der Waals surface area (Å²) in [4.78, 5) is 14.3. The Kier molecular flexibility index (Phi) is 5.41. The van der Waals surface area contributed by atoms with Gasteiger partial charge < -0.3 is 15.3 Å². The minimum atomic E-state index is 0.104. The van der Waals surface area contributed by atoms with Crippen LogP contribution in [0.5, 0.6) is 5.75 Å². The molecule has 1 fully saturated rings. The van der Waals surface area contributed by atoms with Gasteiger partial charge in [-0.05, 0) is 44.8 Å². The molecule has 4 heteroatoms. The van der Waals surface area contributed by atoms with Crippen molar-refractivity contribution < 1.29 is 9.90 Å². The van der Waals surface area contributed by atoms with Gasteiger partial charge in [-0.2, -0.15) is 0 Å². The molecule has 4 nitrogen and oxygen atoms in total. The number of nitrogens with one attached hydrogen (secondary N) is 1. The zero-order valence-corrected chi connectivity index (χ0v) is 12.1. The summed E-state index contributed by atoms with van der Waals surface area (Å²) in [5.74, 6) is 0.913. The summed E-state index contributed by atoms with van der Waals surface area (Å²) in [7, 11) is 0. The Morgan fingerprint density at radius 1 is 1.35 bits per heavy atom. The molecule has 1 aliphatic rings. The van der Waals surface area contributed by atoms with Crippen molar-refractivity contribution in [1.29, 1.82) is 0 Å². The molecule has 0 unspecified atom stereocenters. The third kappa shape index (κ3) is 3.97. The lowest BCUT2D eigenvalue weighted by atomic mass is 9.97. The van der Waals surface area contributed by atoms with E-state index in [1.54, 1.807) is 12.1 Å². The number of para-hydroxylation sites is 1. The molecule has 20 heavy (non-hydrogen) atoms. The van der Waals surface area contributed by atoms with Crippen LogP contribution in [0.1, 0.15) is 25.3 Å². The van der Waals surface area contributed by atoms with Crippen molar-refractivity contribution in [3.05, 3.63) is 29.8 Å². The molecule has 1 aromatic rings. The van der Waals surface area contributed by atoms with Gasteiger partial charge in [-0.3, -0.25) is 4.79 Å². The number of likely N-dealkylation sites (N-methyl/N-ethyl adjacent to an activating group) is 1. The summed E-state index contributed by atoms with van der Waals surface area (Å²) < 4.78 is 0. The lowest BCUT2D eigenvalue weighted by Crippen LogP contribution is -2.39. The molecular weight excluding hydrogens is 252 g/mol. The summed E-state index contributed by atoms with van der Waals surface area (Å²) >= 11 is 0. The molecule has 2 N–H and O–H groups in total. The number of benzene rings is 1. The van der Waals surface area contributed by atoms with Gasteiger partial charge in [0.2, 0.25) is 5.91 Å². The van der Waals surface area contributed by atoms with Crippen LogP contribution in [-0.2, 0) is 11.2 Å². The van der Waals surface area contributed by atoms with Crippen LogP contribution in [0.4, 0.5) is 0 Å². The van der Waals surface area contributed by atoms with E-state index in [0.717, 1.165) is 39.0 Å². The maximum Gasteiger partial charge on any atom is 0.227 e. The topological polar surface area (TPSA) is 52.6 Å². The van der Waals surface area contributed by atoms with Gasteiger partial charge in [0.15, 0.2) is 0 Å². The van der Waals surface area contributed by atoms with Crippen molar-refractivity contribution in [2.75, 3.05) is 26.2 Å². The summed E-state index contributed by atoms with van der Waals surface area (Å²) in [6.45, 7) is 5.69. The van der Waals surface area contributed by atoms with E-state index < -0.39 is 0 Å². The van der Waals surface area contributed by atoms with Crippen LogP contribution >= 0.6 is 0 Å². The van der Waals surface area contributed by atoms with Crippen LogP contribution in [0.15, 0.2) is 24.3 Å². The molecule has 0 aliphatic carbocycles. The third-order valence-electron chi connectivity index (χ3n) is 4.01. The van der Waals surface area contributed by atoms with Gasteiger partial charge in [0, 0.05) is 18.7 Å². The van der Waals surface area contributed by atoms with E-state index in [4.69, 9.17) is 0 Å². The fourth-order valence-corrected chi connectivity index (χ4v) is 2.72. The van der Waals surface area contributed by atoms with Gasteiger partial charge in [-0.15, -0.1) is 0 Å². The molecule has 1 amide bonds. The van der Waals surface area contributed by atoms with Crippen LogP contribution in [-0.4, -0.2) is 42.1 Å². The summed E-state index contributed by atoms with van der Waals surface area (Å²) in [5, 5.41) is 13.1. The molecule has 0 radical (unpaired) electrons. The third-order valence-corrected chi connectivity index (χ3v) is 4.01. The number of hydrogen-bond donors (Lipinski definition) is 2. The van der Waals surface area contributed by atoms with Crippen LogP contribution in [0.2, 0.25) is 0 Å². The molecule has 0 bridgehead atoms. The molecule has 1 saturated heterocycles. The number of phenolic OH excluding ortho intramolecular Hbond substituents is 1. The van der Waals surface area contributed by atoms with E-state index in [-0.39, 0.29) is 18.1 Å². The first kappa shape index (κ1) is 14.9. The molecule has 0 spiro atoms. The van der Waals surface area contributed by atoms with Crippen LogP contribution in [0.25, 0.3) is 0 Å². The second-order valence-electron chi connectivity index (χ2n) is 5.43. The molecule has 1 heterocycles. The standard InChI is InChI=1S/C16H24N2O2/c1-2-18(12-13-7-9-17-10-8-13)16(20)11-14-5-3-4-6-15(14)19/h3-6,13,17,19H,2,7-12H2,1H3. The second-order valence-corrected chi connectivity index (χ2v) is 5.43. The van der Waals surface area contributed by atoms with E-state index in [2.05, 4.69) is 5.32 Å². The molecule has 1 aromatic carbocycles. The largest absolute Gasteiger partial charge is 0.508 e. The molecular formula is C16H24N2O2. The smallest absolute Gasteiger partial charge is 0.227 e. The Balaban J connectivity index is 1.93. The van der Waals surface area contributed by atoms with E-state index in [1.165, 1.54) is 0 Å². The summed E-state index contributed by atoms with van der Waals surface area (Å²) in [5.41, 5.74) is 0.710. The molecule has 110 valence electrons. The van der Waals surface area contributed by atoms with Gasteiger partial charge in [-0.1, -0.05) is 18.2 Å². The van der Waals surface area contributed by atoms with Crippen molar-refractivity contribution in [1.82, 2.24) is 10.2 Å². The highest BCUT2D eigenvalue weighted by Crippen LogP contribution is 2.18. The maximum absolute atomic E-state index is 12.4. The predicted molar refractivity (Wildman–Crippen MR) is 79.7 cm³/mol. The van der Waals surface area contributed by atoms with Crippen LogP contribution in [0.3, 0.4) is 0 Å². The van der Waals surface area contributed by atoms with Gasteiger partial charge in [-0.25, -0.2) is 0 Å². The van der Waals surface area contributed by atoms with E-state index in [1.807, 2.05) is 24.0 Å². The number of aromatic hydroxyl groups is 1. The summed E-state index contributed by atoms with van der Waals surface area (Å²) in [6, 6.07) is 7.07. The highest BCUT2D eigenvalue weighted by Gasteiger charge is 2.20. The first-order chi connectivity index (χ1) is 9.70. The second kappa shape index (κ2) is 7.29.